The first kappa shape index (κ1) is 15.4. The van der Waals surface area contributed by atoms with Crippen LogP contribution in [0.2, 0.25) is 5.02 Å². The fourth-order valence-electron chi connectivity index (χ4n) is 3.09. The molecule has 1 N–H and O–H groups in total. The molecule has 2 aromatic rings. The van der Waals surface area contributed by atoms with Gasteiger partial charge in [-0.05, 0) is 48.6 Å². The predicted molar refractivity (Wildman–Crippen MR) is 91.5 cm³/mol. The van der Waals surface area contributed by atoms with E-state index in [9.17, 15) is 4.39 Å². The fourth-order valence-corrected chi connectivity index (χ4v) is 3.41. The lowest BCUT2D eigenvalue weighted by Crippen LogP contribution is -2.33. The Morgan fingerprint density at radius 2 is 1.82 bits per heavy atom. The Morgan fingerprint density at radius 3 is 2.50 bits per heavy atom. The van der Waals surface area contributed by atoms with Crippen molar-refractivity contribution >= 4 is 34.8 Å². The summed E-state index contributed by atoms with van der Waals surface area (Å²) in [5.74, 6) is 0.0402. The highest BCUT2D eigenvalue weighted by molar-refractivity contribution is 6.30. The van der Waals surface area contributed by atoms with Crippen molar-refractivity contribution in [2.75, 3.05) is 22.8 Å². The SMILES string of the molecule is Fc1cc(Cl)ccc1C1CCN(c2ccccc2NCl)CC1. The maximum Gasteiger partial charge on any atom is 0.128 e. The predicted octanol–water partition coefficient (Wildman–Crippen LogP) is 5.43. The smallest absolute Gasteiger partial charge is 0.128 e. The number of hydrogen-bond acceptors (Lipinski definition) is 2. The minimum absolute atomic E-state index is 0.200. The van der Waals surface area contributed by atoms with Gasteiger partial charge in [0.15, 0.2) is 0 Å². The number of halogens is 3. The van der Waals surface area contributed by atoms with E-state index in [4.69, 9.17) is 23.4 Å². The van der Waals surface area contributed by atoms with Crippen molar-refractivity contribution in [1.82, 2.24) is 0 Å². The molecular weight excluding hydrogens is 322 g/mol. The van der Waals surface area contributed by atoms with Crippen molar-refractivity contribution in [2.45, 2.75) is 18.8 Å². The number of para-hydroxylation sites is 2. The van der Waals surface area contributed by atoms with Gasteiger partial charge in [-0.15, -0.1) is 0 Å². The topological polar surface area (TPSA) is 15.3 Å². The minimum atomic E-state index is -0.200. The molecule has 5 heteroatoms. The lowest BCUT2D eigenvalue weighted by atomic mass is 9.89. The van der Waals surface area contributed by atoms with Crippen molar-refractivity contribution in [3.8, 4) is 0 Å². The molecule has 0 atom stereocenters. The van der Waals surface area contributed by atoms with Crippen molar-refractivity contribution in [3.05, 3.63) is 58.9 Å². The molecular formula is C17H17Cl2FN2. The zero-order valence-electron chi connectivity index (χ0n) is 12.0. The number of rotatable bonds is 3. The lowest BCUT2D eigenvalue weighted by molar-refractivity contribution is 0.482. The average molecular weight is 339 g/mol. The van der Waals surface area contributed by atoms with Crippen LogP contribution in [0.1, 0.15) is 24.3 Å². The Hall–Kier alpha value is -1.45. The van der Waals surface area contributed by atoms with Gasteiger partial charge in [0.2, 0.25) is 0 Å². The number of piperidine rings is 1. The highest BCUT2D eigenvalue weighted by atomic mass is 35.5. The van der Waals surface area contributed by atoms with Gasteiger partial charge in [-0.25, -0.2) is 4.39 Å². The summed E-state index contributed by atoms with van der Waals surface area (Å²) >= 11 is 11.6. The van der Waals surface area contributed by atoms with E-state index in [1.54, 1.807) is 6.07 Å². The van der Waals surface area contributed by atoms with Gasteiger partial charge in [-0.3, -0.25) is 4.84 Å². The molecule has 2 aromatic carbocycles. The number of benzene rings is 2. The van der Waals surface area contributed by atoms with Gasteiger partial charge in [-0.1, -0.05) is 29.8 Å². The molecule has 0 spiro atoms. The van der Waals surface area contributed by atoms with E-state index in [1.807, 2.05) is 30.3 Å². The summed E-state index contributed by atoms with van der Waals surface area (Å²) in [6, 6.07) is 12.9. The van der Waals surface area contributed by atoms with Crippen LogP contribution in [0.5, 0.6) is 0 Å². The van der Waals surface area contributed by atoms with Crippen LogP contribution in [0.15, 0.2) is 42.5 Å². The normalized spacial score (nSPS) is 15.9. The summed E-state index contributed by atoms with van der Waals surface area (Å²) in [7, 11) is 0. The van der Waals surface area contributed by atoms with Gasteiger partial charge >= 0.3 is 0 Å². The molecule has 0 radical (unpaired) electrons. The molecule has 1 aliphatic heterocycles. The van der Waals surface area contributed by atoms with E-state index in [2.05, 4.69) is 9.74 Å². The van der Waals surface area contributed by atoms with Gasteiger partial charge in [0.05, 0.1) is 11.4 Å². The standard InChI is InChI=1S/C17H17Cl2FN2/c18-13-5-6-14(15(20)11-13)12-7-9-22(10-8-12)17-4-2-1-3-16(17)21-19/h1-6,11-12,21H,7-10H2. The summed E-state index contributed by atoms with van der Waals surface area (Å²) in [6.07, 6.45) is 1.82. The van der Waals surface area contributed by atoms with Gasteiger partial charge in [0, 0.05) is 29.9 Å². The highest BCUT2D eigenvalue weighted by Crippen LogP contribution is 2.35. The molecule has 1 saturated heterocycles. The Labute approximate surface area is 140 Å². The number of hydrogen-bond donors (Lipinski definition) is 1. The first-order valence-corrected chi connectivity index (χ1v) is 8.10. The Kier molecular flexibility index (Phi) is 4.74. The second kappa shape index (κ2) is 6.76. The Balaban J connectivity index is 1.72. The van der Waals surface area contributed by atoms with Crippen molar-refractivity contribution in [1.29, 1.82) is 0 Å². The highest BCUT2D eigenvalue weighted by Gasteiger charge is 2.24. The van der Waals surface area contributed by atoms with Crippen molar-refractivity contribution in [2.24, 2.45) is 0 Å². The molecule has 1 heterocycles. The third-order valence-electron chi connectivity index (χ3n) is 4.24. The number of nitrogens with one attached hydrogen (secondary N) is 1. The zero-order valence-corrected chi connectivity index (χ0v) is 13.5. The van der Waals surface area contributed by atoms with Gasteiger partial charge in [-0.2, -0.15) is 0 Å². The van der Waals surface area contributed by atoms with Crippen molar-refractivity contribution < 1.29 is 4.39 Å². The zero-order chi connectivity index (χ0) is 15.5. The second-order valence-corrected chi connectivity index (χ2v) is 6.16. The van der Waals surface area contributed by atoms with Crippen LogP contribution < -0.4 is 9.74 Å². The Bertz CT molecular complexity index is 655. The van der Waals surface area contributed by atoms with Gasteiger partial charge < -0.3 is 4.90 Å². The Morgan fingerprint density at radius 1 is 1.09 bits per heavy atom. The van der Waals surface area contributed by atoms with Gasteiger partial charge in [0.1, 0.15) is 5.82 Å². The minimum Gasteiger partial charge on any atom is -0.370 e. The van der Waals surface area contributed by atoms with Crippen molar-refractivity contribution in [3.63, 3.8) is 0 Å². The molecule has 2 nitrogen and oxygen atoms in total. The average Bonchev–Trinajstić information content (AvgIpc) is 2.55. The van der Waals surface area contributed by atoms with Crippen LogP contribution in [0, 0.1) is 5.82 Å². The lowest BCUT2D eigenvalue weighted by Gasteiger charge is -2.34. The maximum atomic E-state index is 14.0. The van der Waals surface area contributed by atoms with Crippen LogP contribution in [0.3, 0.4) is 0 Å². The first-order chi connectivity index (χ1) is 10.7. The molecule has 116 valence electrons. The molecule has 3 rings (SSSR count). The molecule has 0 bridgehead atoms. The van der Waals surface area contributed by atoms with E-state index in [-0.39, 0.29) is 11.7 Å². The van der Waals surface area contributed by atoms with E-state index in [1.165, 1.54) is 6.07 Å². The van der Waals surface area contributed by atoms with Crippen LogP contribution >= 0.6 is 23.4 Å². The van der Waals surface area contributed by atoms with Gasteiger partial charge in [0.25, 0.3) is 0 Å². The molecule has 1 fully saturated rings. The third kappa shape index (κ3) is 3.16. The first-order valence-electron chi connectivity index (χ1n) is 7.34. The summed E-state index contributed by atoms with van der Waals surface area (Å²) in [4.78, 5) is 4.99. The number of nitrogens with zero attached hydrogens (tertiary/aromatic N) is 1. The van der Waals surface area contributed by atoms with Crippen LogP contribution in [0.25, 0.3) is 0 Å². The van der Waals surface area contributed by atoms with E-state index < -0.39 is 0 Å². The third-order valence-corrected chi connectivity index (χ3v) is 4.68. The molecule has 1 aliphatic rings. The molecule has 0 saturated carbocycles. The molecule has 22 heavy (non-hydrogen) atoms. The quantitative estimate of drug-likeness (QED) is 0.750. The summed E-state index contributed by atoms with van der Waals surface area (Å²) < 4.78 is 14.0. The van der Waals surface area contributed by atoms with Crippen LogP contribution in [-0.2, 0) is 0 Å². The molecule has 0 amide bonds. The summed E-state index contributed by atoms with van der Waals surface area (Å²) in [6.45, 7) is 1.75. The van der Waals surface area contributed by atoms with E-state index in [0.717, 1.165) is 42.9 Å². The maximum absolute atomic E-state index is 14.0. The summed E-state index contributed by atoms with van der Waals surface area (Å²) in [5.41, 5.74) is 2.76. The number of anilines is 2. The van der Waals surface area contributed by atoms with Crippen LogP contribution in [0.4, 0.5) is 15.8 Å². The fraction of sp³-hybridized carbons (Fsp3) is 0.294. The molecule has 0 aliphatic carbocycles. The van der Waals surface area contributed by atoms with E-state index >= 15 is 0 Å². The largest absolute Gasteiger partial charge is 0.370 e. The van der Waals surface area contributed by atoms with E-state index in [0.29, 0.717) is 5.02 Å². The molecule has 0 unspecified atom stereocenters. The monoisotopic (exact) mass is 338 g/mol. The van der Waals surface area contributed by atoms with Crippen LogP contribution in [-0.4, -0.2) is 13.1 Å². The summed E-state index contributed by atoms with van der Waals surface area (Å²) in [5, 5.41) is 0.445. The molecule has 0 aromatic heterocycles. The second-order valence-electron chi connectivity index (χ2n) is 5.54.